The van der Waals surface area contributed by atoms with Gasteiger partial charge in [-0.15, -0.1) is 36.2 Å². The summed E-state index contributed by atoms with van der Waals surface area (Å²) in [6, 6.07) is -4.97. The van der Waals surface area contributed by atoms with E-state index in [2.05, 4.69) is 35.8 Å². The Kier molecular flexibility index (Phi) is 28.9. The molecule has 0 radical (unpaired) electrons. The van der Waals surface area contributed by atoms with Crippen LogP contribution in [0.3, 0.4) is 0 Å². The fraction of sp³-hybridized carbons (Fsp3) is 0.667. The molecule has 0 N–H and O–H groups in total. The molecule has 58 heteroatoms. The molecule has 0 bridgehead atoms. The molecule has 0 fully saturated rings. The van der Waals surface area contributed by atoms with Crippen molar-refractivity contribution in [3.05, 3.63) is 51.5 Å². The van der Waals surface area contributed by atoms with Crippen molar-refractivity contribution in [1.82, 2.24) is 0 Å². The van der Waals surface area contributed by atoms with Gasteiger partial charge < -0.3 is 9.47 Å². The van der Waals surface area contributed by atoms with Gasteiger partial charge in [-0.1, -0.05) is 15.5 Å². The van der Waals surface area contributed by atoms with E-state index in [1.165, 1.54) is 9.47 Å². The zero-order valence-corrected chi connectivity index (χ0v) is 39.0. The van der Waals surface area contributed by atoms with E-state index >= 15 is 0 Å². The Morgan fingerprint density at radius 2 is 0.476 bits per heavy atom. The van der Waals surface area contributed by atoms with Gasteiger partial charge in [-0.2, -0.15) is 183 Å². The van der Waals surface area contributed by atoms with E-state index in [-0.39, 0.29) is 0 Å². The maximum Gasteiger partial charge on any atom is 0.485 e. The van der Waals surface area contributed by atoms with Crippen LogP contribution in [0.2, 0.25) is 0 Å². The van der Waals surface area contributed by atoms with Gasteiger partial charge in [0.1, 0.15) is 0 Å². The molecule has 0 amide bonds. The van der Waals surface area contributed by atoms with Crippen LogP contribution in [0.1, 0.15) is 0 Å². The number of hydrogen-bond acceptors (Lipinski definition) is 14. The molecule has 2 unspecified atom stereocenters. The second-order valence-electron chi connectivity index (χ2n) is 11.5. The first-order valence-corrected chi connectivity index (χ1v) is 21.3. The normalized spacial score (nSPS) is 15.9. The second kappa shape index (κ2) is 26.8. The number of rotatable bonds is 22. The summed E-state index contributed by atoms with van der Waals surface area (Å²) in [5, 5.41) is -27.8. The molecule has 0 rings (SSSR count). The molecule has 0 aliphatic heterocycles. The van der Waals surface area contributed by atoms with E-state index < -0.39 is 146 Å². The molecular formula is C24H12F40O14S4. The van der Waals surface area contributed by atoms with E-state index in [0.29, 0.717) is 0 Å². The van der Waals surface area contributed by atoms with Gasteiger partial charge in [0.25, 0.3) is 12.0 Å². The van der Waals surface area contributed by atoms with Crippen LogP contribution in [0.5, 0.6) is 0 Å². The number of alkyl halides is 32. The highest BCUT2D eigenvalue weighted by molar-refractivity contribution is 7.88. The molecular weight excluding hydrogens is 1400 g/mol. The SMILES string of the molecule is C=C.C=C.C=C(F)OC(F)(F)C(F)(F)C(F)(F)S(=O)(=O)F.C=C(F)OC(F)(F)C(F)(F)S(=O)(=O)F.O=S(=O)(F)C(F)(F)C(F)(F)C(F)(F)OC(F)(C(F)(F)F)C(F)(F)OF.O=S(=O)(F)C(F)(F)C(F)(F)OC(F)(C(F)(F)F)C(F)(F)OF. The molecule has 0 aliphatic rings. The van der Waals surface area contributed by atoms with Gasteiger partial charge in [-0.25, -0.2) is 0 Å². The summed E-state index contributed by atoms with van der Waals surface area (Å²) in [7, 11) is -30.1. The lowest BCUT2D eigenvalue weighted by Gasteiger charge is -2.37. The Balaban J connectivity index is -0.000000234. The van der Waals surface area contributed by atoms with Crippen LogP contribution in [0.25, 0.3) is 0 Å². The summed E-state index contributed by atoms with van der Waals surface area (Å²) in [4.78, 5) is 2.13. The van der Waals surface area contributed by atoms with E-state index in [4.69, 9.17) is 0 Å². The lowest BCUT2D eigenvalue weighted by atomic mass is 10.2. The Morgan fingerprint density at radius 1 is 0.293 bits per heavy atom. The number of ether oxygens (including phenoxy) is 4. The van der Waals surface area contributed by atoms with Crippen LogP contribution in [0.15, 0.2) is 51.5 Å². The summed E-state index contributed by atoms with van der Waals surface area (Å²) in [6.07, 6.45) is -56.4. The first-order chi connectivity index (χ1) is 34.9. The zero-order valence-electron chi connectivity index (χ0n) is 35.7. The minimum absolute atomic E-state index is 1.03. The maximum atomic E-state index is 13.0. The van der Waals surface area contributed by atoms with Crippen molar-refractivity contribution in [3.8, 4) is 0 Å². The van der Waals surface area contributed by atoms with Gasteiger partial charge in [0.15, 0.2) is 0 Å². The van der Waals surface area contributed by atoms with Crippen molar-refractivity contribution in [3.63, 3.8) is 0 Å². The Hall–Kier alpha value is -4.60. The highest BCUT2D eigenvalue weighted by atomic mass is 32.3. The van der Waals surface area contributed by atoms with Crippen LogP contribution in [-0.4, -0.2) is 127 Å². The van der Waals surface area contributed by atoms with E-state index in [9.17, 15) is 208 Å². The minimum atomic E-state index is -8.02. The predicted molar refractivity (Wildman–Crippen MR) is 171 cm³/mol. The predicted octanol–water partition coefficient (Wildman–Crippen LogP) is 13.2. The third-order valence-electron chi connectivity index (χ3n) is 6.05. The van der Waals surface area contributed by atoms with Crippen LogP contribution in [0.4, 0.5) is 174 Å². The fourth-order valence-corrected chi connectivity index (χ4v) is 3.97. The quantitative estimate of drug-likeness (QED) is 0.0430. The zero-order chi connectivity index (χ0) is 69.4. The van der Waals surface area contributed by atoms with Crippen LogP contribution >= 0.6 is 0 Å². The molecule has 0 saturated heterocycles. The summed E-state index contributed by atoms with van der Waals surface area (Å²) in [5.74, 6) is -29.6. The molecule has 0 heterocycles. The average Bonchev–Trinajstić information content (AvgIpc) is 3.21. The third-order valence-corrected chi connectivity index (χ3v) is 9.49. The Labute approximate surface area is 422 Å². The molecule has 82 heavy (non-hydrogen) atoms. The summed E-state index contributed by atoms with van der Waals surface area (Å²) >= 11 is 0. The monoisotopic (exact) mass is 1410 g/mol. The van der Waals surface area contributed by atoms with Crippen molar-refractivity contribution in [2.75, 3.05) is 0 Å². The molecule has 0 aliphatic carbocycles. The summed E-state index contributed by atoms with van der Waals surface area (Å²) < 4.78 is 573. The summed E-state index contributed by atoms with van der Waals surface area (Å²) in [6.45, 7) is 15.9. The minimum Gasteiger partial charge on any atom is -0.402 e. The Bertz CT molecular complexity index is 2580. The smallest absolute Gasteiger partial charge is 0.402 e. The highest BCUT2D eigenvalue weighted by Gasteiger charge is 2.87. The van der Waals surface area contributed by atoms with Gasteiger partial charge in [0, 0.05) is 0 Å². The molecule has 0 spiro atoms. The van der Waals surface area contributed by atoms with Crippen molar-refractivity contribution in [2.45, 2.75) is 93.6 Å². The first kappa shape index (κ1) is 88.6. The van der Waals surface area contributed by atoms with Gasteiger partial charge in [-0.3, -0.25) is 9.47 Å². The molecule has 2 atom stereocenters. The average molecular weight is 1410 g/mol. The number of halogens is 40. The molecule has 0 saturated carbocycles. The van der Waals surface area contributed by atoms with Gasteiger partial charge in [0.2, 0.25) is 0 Å². The Morgan fingerprint density at radius 3 is 0.659 bits per heavy atom. The van der Waals surface area contributed by atoms with Crippen LogP contribution in [0, 0.1) is 0 Å². The van der Waals surface area contributed by atoms with Crippen molar-refractivity contribution in [2.24, 2.45) is 0 Å². The largest absolute Gasteiger partial charge is 0.485 e. The third kappa shape index (κ3) is 18.7. The van der Waals surface area contributed by atoms with E-state index in [1.54, 1.807) is 0 Å². The highest BCUT2D eigenvalue weighted by Crippen LogP contribution is 2.57. The lowest BCUT2D eigenvalue weighted by molar-refractivity contribution is -0.545. The standard InChI is InChI=1S/C6F14O4S.C5F12O4S.C5H2F8O3S.C4H2F6O3S.2C2H4/c7-1(8,6(17,18)25(20,21)22)4(13,14)23-2(9,3(10,11)12)5(15,16)24-19;6-1(2(7,8)9,3(10,11)21-16)20-4(12,13)5(14,15)22(17,18)19;1-2(6)16-4(9,10)3(7,8)5(11,12)17(13,14)15;1-2(5)13-3(6,7)4(8,9)14(10,11)12;2*1-2/h;;1H2;1H2;2*1-2H2. The second-order valence-corrected chi connectivity index (χ2v) is 17.1. The number of hydrogen-bond donors (Lipinski definition) is 0. The molecule has 14 nitrogen and oxygen atoms in total. The molecule has 0 aromatic rings. The molecule has 496 valence electrons. The lowest BCUT2D eigenvalue weighted by Crippen LogP contribution is -2.66. The maximum absolute atomic E-state index is 13.0. The van der Waals surface area contributed by atoms with Gasteiger partial charge >= 0.3 is 134 Å². The van der Waals surface area contributed by atoms with Gasteiger partial charge in [-0.05, 0) is 22.2 Å². The van der Waals surface area contributed by atoms with Crippen LogP contribution < -0.4 is 0 Å². The fourth-order valence-electron chi connectivity index (χ4n) is 2.47. The molecule has 0 aromatic carbocycles. The topological polar surface area (TPSA) is 192 Å². The van der Waals surface area contributed by atoms with Crippen molar-refractivity contribution >= 4 is 40.9 Å². The van der Waals surface area contributed by atoms with E-state index in [0.717, 1.165) is 9.88 Å². The van der Waals surface area contributed by atoms with Crippen molar-refractivity contribution in [1.29, 1.82) is 0 Å². The van der Waals surface area contributed by atoms with Crippen LogP contribution in [-0.2, 0) is 69.7 Å². The first-order valence-electron chi connectivity index (χ1n) is 15.7. The summed E-state index contributed by atoms with van der Waals surface area (Å²) in [5.41, 5.74) is 0. The van der Waals surface area contributed by atoms with Crippen molar-refractivity contribution < 1.29 is 236 Å². The van der Waals surface area contributed by atoms with Gasteiger partial charge in [0.05, 0.1) is 0 Å². The van der Waals surface area contributed by atoms with E-state index in [1.807, 2.05) is 13.2 Å². The molecule has 0 aromatic heterocycles.